The number of alkyl halides is 3. The van der Waals surface area contributed by atoms with Crippen LogP contribution >= 0.6 is 0 Å². The Hall–Kier alpha value is -2.61. The van der Waals surface area contributed by atoms with E-state index in [2.05, 4.69) is 26.3 Å². The van der Waals surface area contributed by atoms with Crippen molar-refractivity contribution in [3.05, 3.63) is 53.5 Å². The number of ether oxygens (including phenoxy) is 1. The molecule has 0 spiro atoms. The van der Waals surface area contributed by atoms with Crippen LogP contribution in [-0.4, -0.2) is 28.2 Å². The van der Waals surface area contributed by atoms with Crippen molar-refractivity contribution in [2.24, 2.45) is 0 Å². The van der Waals surface area contributed by atoms with Crippen molar-refractivity contribution in [3.63, 3.8) is 0 Å². The maximum atomic E-state index is 13.0. The van der Waals surface area contributed by atoms with E-state index in [1.807, 2.05) is 18.2 Å². The van der Waals surface area contributed by atoms with E-state index in [0.29, 0.717) is 11.2 Å². The molecule has 0 aliphatic heterocycles. The molecule has 0 bridgehead atoms. The van der Waals surface area contributed by atoms with E-state index in [1.165, 1.54) is 11.9 Å². The highest BCUT2D eigenvalue weighted by Gasteiger charge is 2.34. The van der Waals surface area contributed by atoms with Crippen LogP contribution in [0, 0.1) is 0 Å². The number of benzene rings is 1. The fourth-order valence-corrected chi connectivity index (χ4v) is 3.51. The van der Waals surface area contributed by atoms with Crippen LogP contribution in [0.5, 0.6) is 0 Å². The van der Waals surface area contributed by atoms with Crippen LogP contribution in [0.25, 0.3) is 11.0 Å². The van der Waals surface area contributed by atoms with E-state index in [4.69, 9.17) is 4.74 Å². The van der Waals surface area contributed by atoms with Gasteiger partial charge in [-0.1, -0.05) is 24.3 Å². The Morgan fingerprint density at radius 2 is 2.04 bits per heavy atom. The Labute approximate surface area is 147 Å². The second kappa shape index (κ2) is 6.28. The number of hydrogen-bond donors (Lipinski definition) is 2. The molecule has 8 heteroatoms. The van der Waals surface area contributed by atoms with Gasteiger partial charge in [0.2, 0.25) is 0 Å². The maximum Gasteiger partial charge on any atom is 0.431 e. The van der Waals surface area contributed by atoms with Gasteiger partial charge in [-0.2, -0.15) is 13.2 Å². The average molecular weight is 362 g/mol. The lowest BCUT2D eigenvalue weighted by Gasteiger charge is -2.33. The summed E-state index contributed by atoms with van der Waals surface area (Å²) in [5, 5.41) is 3.59. The fourth-order valence-electron chi connectivity index (χ4n) is 3.51. The summed E-state index contributed by atoms with van der Waals surface area (Å²) in [4.78, 5) is 10.4. The highest BCUT2D eigenvalue weighted by Crippen LogP contribution is 2.37. The van der Waals surface area contributed by atoms with Crippen LogP contribution < -0.4 is 5.32 Å². The summed E-state index contributed by atoms with van der Waals surface area (Å²) in [6.07, 6.45) is -1.60. The number of H-pyrrole nitrogens is 1. The minimum Gasteiger partial charge on any atom is -0.379 e. The number of aromatic amines is 1. The second-order valence-electron chi connectivity index (χ2n) is 6.30. The molecule has 2 N–H and O–H groups in total. The first kappa shape index (κ1) is 16.8. The van der Waals surface area contributed by atoms with E-state index in [0.717, 1.165) is 24.5 Å². The summed E-state index contributed by atoms with van der Waals surface area (Å²) in [5.41, 5.74) is 1.58. The minimum absolute atomic E-state index is 0.101. The Kier molecular flexibility index (Phi) is 4.07. The first-order valence-electron chi connectivity index (χ1n) is 8.25. The molecule has 3 aromatic rings. The molecule has 2 heterocycles. The molecule has 2 aromatic heterocycles. The lowest BCUT2D eigenvalue weighted by atomic mass is 9.85. The summed E-state index contributed by atoms with van der Waals surface area (Å²) in [7, 11) is 1.64. The molecular formula is C18H17F3N4O. The highest BCUT2D eigenvalue weighted by molar-refractivity contribution is 5.88. The molecule has 0 saturated carbocycles. The van der Waals surface area contributed by atoms with Gasteiger partial charge < -0.3 is 15.0 Å². The molecule has 4 rings (SSSR count). The van der Waals surface area contributed by atoms with Crippen molar-refractivity contribution in [1.29, 1.82) is 0 Å². The quantitative estimate of drug-likeness (QED) is 0.737. The molecule has 26 heavy (non-hydrogen) atoms. The lowest BCUT2D eigenvalue weighted by Crippen LogP contribution is -2.32. The van der Waals surface area contributed by atoms with Gasteiger partial charge in [0.05, 0.1) is 17.5 Å². The molecule has 0 saturated heterocycles. The van der Waals surface area contributed by atoms with Crippen LogP contribution in [0.2, 0.25) is 0 Å². The number of rotatable bonds is 3. The average Bonchev–Trinajstić information content (AvgIpc) is 3.08. The highest BCUT2D eigenvalue weighted by atomic mass is 19.4. The third kappa shape index (κ3) is 2.90. The SMILES string of the molecule is CO[C@H]1CCc2ccccc2[C@@H]1Nc1ncnc2[nH]c(C(F)(F)F)cc12. The number of anilines is 1. The lowest BCUT2D eigenvalue weighted by molar-refractivity contribution is -0.140. The number of halogens is 3. The number of nitrogens with zero attached hydrogens (tertiary/aromatic N) is 2. The van der Waals surface area contributed by atoms with Crippen LogP contribution in [0.15, 0.2) is 36.7 Å². The van der Waals surface area contributed by atoms with E-state index in [9.17, 15) is 13.2 Å². The van der Waals surface area contributed by atoms with Crippen LogP contribution in [0.1, 0.15) is 29.3 Å². The monoisotopic (exact) mass is 362 g/mol. The van der Waals surface area contributed by atoms with Gasteiger partial charge in [0.1, 0.15) is 23.5 Å². The molecule has 0 fully saturated rings. The molecule has 5 nitrogen and oxygen atoms in total. The number of aryl methyl sites for hydroxylation is 1. The molecule has 0 radical (unpaired) electrons. The predicted octanol–water partition coefficient (Wildman–Crippen LogP) is 4.09. The predicted molar refractivity (Wildman–Crippen MR) is 90.8 cm³/mol. The van der Waals surface area contributed by atoms with Crippen LogP contribution in [0.3, 0.4) is 0 Å². The molecule has 1 aromatic carbocycles. The van der Waals surface area contributed by atoms with Gasteiger partial charge >= 0.3 is 6.18 Å². The van der Waals surface area contributed by atoms with Crippen LogP contribution in [-0.2, 0) is 17.3 Å². The van der Waals surface area contributed by atoms with Crippen molar-refractivity contribution in [1.82, 2.24) is 15.0 Å². The van der Waals surface area contributed by atoms with Gasteiger partial charge in [0, 0.05) is 7.11 Å². The summed E-state index contributed by atoms with van der Waals surface area (Å²) in [5.74, 6) is 0.352. The number of methoxy groups -OCH3 is 1. The number of nitrogens with one attached hydrogen (secondary N) is 2. The summed E-state index contributed by atoms with van der Waals surface area (Å²) in [6, 6.07) is 8.83. The van der Waals surface area contributed by atoms with Crippen LogP contribution in [0.4, 0.5) is 19.0 Å². The number of aromatic nitrogens is 3. The van der Waals surface area contributed by atoms with Gasteiger partial charge in [-0.3, -0.25) is 0 Å². The molecule has 1 aliphatic carbocycles. The van der Waals surface area contributed by atoms with E-state index in [-0.39, 0.29) is 17.8 Å². The van der Waals surface area contributed by atoms with Crippen molar-refractivity contribution in [2.75, 3.05) is 12.4 Å². The van der Waals surface area contributed by atoms with Gasteiger partial charge in [0.15, 0.2) is 0 Å². The zero-order valence-electron chi connectivity index (χ0n) is 14.0. The number of fused-ring (bicyclic) bond motifs is 2. The zero-order valence-corrected chi connectivity index (χ0v) is 14.0. The normalized spacial score (nSPS) is 20.2. The molecular weight excluding hydrogens is 345 g/mol. The Balaban J connectivity index is 1.76. The standard InChI is InChI=1S/C18H17F3N4O/c1-26-13-7-6-10-4-2-3-5-11(10)15(13)25-17-12-8-14(18(19,20)21)24-16(12)22-9-23-17/h2-5,8-9,13,15H,6-7H2,1H3,(H2,22,23,24,25)/t13-,15-/m0/s1. The smallest absolute Gasteiger partial charge is 0.379 e. The Morgan fingerprint density at radius 3 is 2.81 bits per heavy atom. The van der Waals surface area contributed by atoms with E-state index < -0.39 is 11.9 Å². The van der Waals surface area contributed by atoms with Gasteiger partial charge in [-0.25, -0.2) is 9.97 Å². The molecule has 136 valence electrons. The summed E-state index contributed by atoms with van der Waals surface area (Å²) >= 11 is 0. The minimum atomic E-state index is -4.47. The number of hydrogen-bond acceptors (Lipinski definition) is 4. The van der Waals surface area contributed by atoms with E-state index >= 15 is 0 Å². The van der Waals surface area contributed by atoms with Crippen molar-refractivity contribution in [3.8, 4) is 0 Å². The summed E-state index contributed by atoms with van der Waals surface area (Å²) < 4.78 is 44.6. The van der Waals surface area contributed by atoms with Crippen molar-refractivity contribution < 1.29 is 17.9 Å². The topological polar surface area (TPSA) is 62.8 Å². The Morgan fingerprint density at radius 1 is 1.23 bits per heavy atom. The van der Waals surface area contributed by atoms with Gasteiger partial charge in [-0.05, 0) is 30.0 Å². The molecule has 0 amide bonds. The Bertz CT molecular complexity index is 938. The third-order valence-corrected chi connectivity index (χ3v) is 4.79. The fraction of sp³-hybridized carbons (Fsp3) is 0.333. The largest absolute Gasteiger partial charge is 0.431 e. The molecule has 1 aliphatic rings. The van der Waals surface area contributed by atoms with Crippen molar-refractivity contribution >= 4 is 16.9 Å². The third-order valence-electron chi connectivity index (χ3n) is 4.79. The molecule has 2 atom stereocenters. The van der Waals surface area contributed by atoms with E-state index in [1.54, 1.807) is 7.11 Å². The first-order chi connectivity index (χ1) is 12.5. The zero-order chi connectivity index (χ0) is 18.3. The van der Waals surface area contributed by atoms with Gasteiger partial charge in [0.25, 0.3) is 0 Å². The molecule has 0 unspecified atom stereocenters. The maximum absolute atomic E-state index is 13.0. The van der Waals surface area contributed by atoms with Gasteiger partial charge in [-0.15, -0.1) is 0 Å². The van der Waals surface area contributed by atoms with Crippen molar-refractivity contribution in [2.45, 2.75) is 31.2 Å². The second-order valence-corrected chi connectivity index (χ2v) is 6.30. The summed E-state index contributed by atoms with van der Waals surface area (Å²) in [6.45, 7) is 0. The first-order valence-corrected chi connectivity index (χ1v) is 8.25.